The lowest BCUT2D eigenvalue weighted by molar-refractivity contribution is 0.102. The summed E-state index contributed by atoms with van der Waals surface area (Å²) >= 11 is 0. The van der Waals surface area contributed by atoms with Crippen molar-refractivity contribution in [2.75, 3.05) is 43.4 Å². The Kier molecular flexibility index (Phi) is 5.35. The summed E-state index contributed by atoms with van der Waals surface area (Å²) in [6.45, 7) is 3.76. The van der Waals surface area contributed by atoms with Crippen LogP contribution in [-0.4, -0.2) is 64.0 Å². The number of nitrogens with zero attached hydrogens (tertiary/aromatic N) is 5. The maximum absolute atomic E-state index is 13.0. The average Bonchev–Trinajstić information content (AvgIpc) is 3.38. The molecule has 0 atom stereocenters. The highest BCUT2D eigenvalue weighted by Crippen LogP contribution is 2.30. The highest BCUT2D eigenvalue weighted by Gasteiger charge is 2.17. The molecule has 1 saturated heterocycles. The number of carbonyl (C=O) groups excluding carboxylic acids is 1. The molecule has 8 heteroatoms. The smallest absolute Gasteiger partial charge is 0.257 e. The van der Waals surface area contributed by atoms with E-state index < -0.39 is 0 Å². The van der Waals surface area contributed by atoms with Gasteiger partial charge >= 0.3 is 0 Å². The molecule has 2 N–H and O–H groups in total. The summed E-state index contributed by atoms with van der Waals surface area (Å²) in [7, 11) is 2.12. The van der Waals surface area contributed by atoms with Crippen LogP contribution in [0.25, 0.3) is 32.8 Å². The van der Waals surface area contributed by atoms with E-state index >= 15 is 0 Å². The number of rotatable bonds is 4. The van der Waals surface area contributed by atoms with Gasteiger partial charge in [0.15, 0.2) is 0 Å². The predicted molar refractivity (Wildman–Crippen MR) is 139 cm³/mol. The van der Waals surface area contributed by atoms with Gasteiger partial charge in [-0.1, -0.05) is 12.1 Å². The summed E-state index contributed by atoms with van der Waals surface area (Å²) in [5.41, 5.74) is 3.68. The Balaban J connectivity index is 1.26. The number of likely N-dealkylation sites (N-methyl/N-ethyl adjacent to an activating group) is 1. The lowest BCUT2D eigenvalue weighted by Crippen LogP contribution is -2.44. The Morgan fingerprint density at radius 2 is 1.83 bits per heavy atom. The highest BCUT2D eigenvalue weighted by atomic mass is 16.1. The minimum absolute atomic E-state index is 0.202. The molecule has 1 aromatic carbocycles. The van der Waals surface area contributed by atoms with Crippen molar-refractivity contribution in [1.29, 1.82) is 0 Å². The number of aromatic nitrogens is 4. The zero-order chi connectivity index (χ0) is 23.8. The maximum Gasteiger partial charge on any atom is 0.257 e. The van der Waals surface area contributed by atoms with Crippen molar-refractivity contribution in [2.45, 2.75) is 0 Å². The second kappa shape index (κ2) is 8.81. The summed E-state index contributed by atoms with van der Waals surface area (Å²) in [6, 6.07) is 13.8. The fraction of sp³-hybridized carbons (Fsp3) is 0.185. The molecule has 1 fully saturated rings. The van der Waals surface area contributed by atoms with E-state index in [0.717, 1.165) is 64.8 Å². The molecular formula is C27H25N7O. The van der Waals surface area contributed by atoms with Crippen LogP contribution in [0.3, 0.4) is 0 Å². The first-order valence-electron chi connectivity index (χ1n) is 11.7. The van der Waals surface area contributed by atoms with E-state index in [1.165, 1.54) is 0 Å². The molecule has 0 bridgehead atoms. The molecule has 0 spiro atoms. The monoisotopic (exact) mass is 463 g/mol. The lowest BCUT2D eigenvalue weighted by atomic mass is 10.0. The molecule has 1 amide bonds. The molecule has 1 aliphatic rings. The van der Waals surface area contributed by atoms with Crippen LogP contribution in [0.1, 0.15) is 10.4 Å². The Hall–Kier alpha value is -4.30. The quantitative estimate of drug-likeness (QED) is 0.416. The van der Waals surface area contributed by atoms with E-state index in [0.29, 0.717) is 11.4 Å². The molecular weight excluding hydrogens is 438 g/mol. The molecule has 5 aromatic rings. The number of amides is 1. The number of piperazine rings is 1. The minimum atomic E-state index is -0.202. The third kappa shape index (κ3) is 4.20. The summed E-state index contributed by atoms with van der Waals surface area (Å²) in [5.74, 6) is 1.14. The van der Waals surface area contributed by atoms with Crippen molar-refractivity contribution in [2.24, 2.45) is 0 Å². The van der Waals surface area contributed by atoms with Gasteiger partial charge in [-0.2, -0.15) is 0 Å². The normalized spacial score (nSPS) is 14.5. The number of fused-ring (bicyclic) bond motifs is 2. The standard InChI is InChI=1S/C27H25N7O/c1-33-8-10-34(11-9-33)26-14-19(4-6-30-26)27(35)32-25-13-21-12-18(2-3-20(21)15-31-25)23-16-28-17-24-22(23)5-7-29-24/h2-7,12-17,29H,8-11H2,1H3,(H,31,32,35). The first kappa shape index (κ1) is 21.2. The van der Waals surface area contributed by atoms with Crippen LogP contribution in [0.15, 0.2) is 73.4 Å². The van der Waals surface area contributed by atoms with Crippen molar-refractivity contribution in [3.05, 3.63) is 79.0 Å². The van der Waals surface area contributed by atoms with E-state index in [4.69, 9.17) is 0 Å². The number of benzene rings is 1. The van der Waals surface area contributed by atoms with Crippen LogP contribution < -0.4 is 10.2 Å². The molecule has 35 heavy (non-hydrogen) atoms. The van der Waals surface area contributed by atoms with E-state index in [2.05, 4.69) is 60.3 Å². The maximum atomic E-state index is 13.0. The molecule has 0 saturated carbocycles. The Bertz CT molecular complexity index is 1540. The van der Waals surface area contributed by atoms with Crippen molar-refractivity contribution in [3.8, 4) is 11.1 Å². The zero-order valence-electron chi connectivity index (χ0n) is 19.4. The number of pyridine rings is 3. The second-order valence-corrected chi connectivity index (χ2v) is 8.90. The van der Waals surface area contributed by atoms with Crippen LogP contribution in [0.5, 0.6) is 0 Å². The Morgan fingerprint density at radius 1 is 0.943 bits per heavy atom. The molecule has 174 valence electrons. The van der Waals surface area contributed by atoms with Gasteiger partial charge in [-0.05, 0) is 48.3 Å². The molecule has 0 radical (unpaired) electrons. The third-order valence-corrected chi connectivity index (χ3v) is 6.59. The number of hydrogen-bond donors (Lipinski definition) is 2. The molecule has 1 aliphatic heterocycles. The second-order valence-electron chi connectivity index (χ2n) is 8.90. The summed E-state index contributed by atoms with van der Waals surface area (Å²) in [6.07, 6.45) is 9.10. The van der Waals surface area contributed by atoms with E-state index in [-0.39, 0.29) is 5.91 Å². The average molecular weight is 464 g/mol. The van der Waals surface area contributed by atoms with Crippen molar-refractivity contribution in [3.63, 3.8) is 0 Å². The van der Waals surface area contributed by atoms with E-state index in [1.807, 2.05) is 36.8 Å². The first-order valence-corrected chi connectivity index (χ1v) is 11.7. The minimum Gasteiger partial charge on any atom is -0.360 e. The highest BCUT2D eigenvalue weighted by molar-refractivity contribution is 6.05. The van der Waals surface area contributed by atoms with Gasteiger partial charge in [0.2, 0.25) is 0 Å². The van der Waals surface area contributed by atoms with Gasteiger partial charge < -0.3 is 20.1 Å². The van der Waals surface area contributed by atoms with Crippen LogP contribution >= 0.6 is 0 Å². The van der Waals surface area contributed by atoms with Gasteiger partial charge in [-0.15, -0.1) is 0 Å². The number of anilines is 2. The van der Waals surface area contributed by atoms with Gasteiger partial charge in [-0.25, -0.2) is 9.97 Å². The van der Waals surface area contributed by atoms with Crippen LogP contribution in [0.2, 0.25) is 0 Å². The number of nitrogens with one attached hydrogen (secondary N) is 2. The van der Waals surface area contributed by atoms with Gasteiger partial charge in [0, 0.05) is 72.9 Å². The number of aromatic amines is 1. The van der Waals surface area contributed by atoms with Gasteiger partial charge in [0.1, 0.15) is 11.6 Å². The molecule has 8 nitrogen and oxygen atoms in total. The first-order chi connectivity index (χ1) is 17.1. The number of hydrogen-bond acceptors (Lipinski definition) is 6. The number of carbonyl (C=O) groups is 1. The lowest BCUT2D eigenvalue weighted by Gasteiger charge is -2.33. The molecule has 0 unspecified atom stereocenters. The number of H-pyrrole nitrogens is 1. The third-order valence-electron chi connectivity index (χ3n) is 6.59. The van der Waals surface area contributed by atoms with Gasteiger partial charge in [0.25, 0.3) is 5.91 Å². The molecule has 5 heterocycles. The fourth-order valence-electron chi connectivity index (χ4n) is 4.54. The largest absolute Gasteiger partial charge is 0.360 e. The van der Waals surface area contributed by atoms with Gasteiger partial charge in [0.05, 0.1) is 11.7 Å². The summed E-state index contributed by atoms with van der Waals surface area (Å²) < 4.78 is 0. The van der Waals surface area contributed by atoms with E-state index in [9.17, 15) is 4.79 Å². The van der Waals surface area contributed by atoms with Gasteiger partial charge in [-0.3, -0.25) is 9.78 Å². The zero-order valence-corrected chi connectivity index (χ0v) is 19.4. The van der Waals surface area contributed by atoms with Crippen molar-refractivity contribution in [1.82, 2.24) is 24.8 Å². The predicted octanol–water partition coefficient (Wildman–Crippen LogP) is 4.18. The van der Waals surface area contributed by atoms with Crippen molar-refractivity contribution >= 4 is 39.2 Å². The fourth-order valence-corrected chi connectivity index (χ4v) is 4.54. The Morgan fingerprint density at radius 3 is 2.71 bits per heavy atom. The molecule has 4 aromatic heterocycles. The van der Waals surface area contributed by atoms with Crippen LogP contribution in [0.4, 0.5) is 11.6 Å². The van der Waals surface area contributed by atoms with Crippen LogP contribution in [-0.2, 0) is 0 Å². The topological polar surface area (TPSA) is 90.0 Å². The van der Waals surface area contributed by atoms with Crippen LogP contribution in [0, 0.1) is 0 Å². The molecule has 0 aliphatic carbocycles. The van der Waals surface area contributed by atoms with E-state index in [1.54, 1.807) is 18.5 Å². The van der Waals surface area contributed by atoms with Crippen molar-refractivity contribution < 1.29 is 4.79 Å². The summed E-state index contributed by atoms with van der Waals surface area (Å²) in [5, 5.41) is 6.07. The molecule has 6 rings (SSSR count). The SMILES string of the molecule is CN1CCN(c2cc(C(=O)Nc3cc4cc(-c5cncc6[nH]ccc56)ccc4cn3)ccn2)CC1. The Labute approximate surface area is 202 Å². The summed E-state index contributed by atoms with van der Waals surface area (Å²) in [4.78, 5) is 34.0.